The van der Waals surface area contributed by atoms with E-state index in [1.54, 1.807) is 13.1 Å². The van der Waals surface area contributed by atoms with Crippen molar-refractivity contribution in [3.63, 3.8) is 0 Å². The maximum Gasteiger partial charge on any atom is 0.573 e. The summed E-state index contributed by atoms with van der Waals surface area (Å²) >= 11 is 0. The van der Waals surface area contributed by atoms with E-state index in [4.69, 9.17) is 0 Å². The minimum absolute atomic E-state index is 0.243. The van der Waals surface area contributed by atoms with E-state index in [9.17, 15) is 13.2 Å². The molecule has 1 heterocycles. The van der Waals surface area contributed by atoms with Gasteiger partial charge in [0.05, 0.1) is 11.9 Å². The van der Waals surface area contributed by atoms with Gasteiger partial charge in [-0.2, -0.15) is 0 Å². The SMILES string of the molecule is Cc1cc(OC(F)(F)F)ccc1-c1cnccn1. The molecular weight excluding hydrogens is 245 g/mol. The molecular formula is C12H9F3N2O. The molecule has 0 aliphatic rings. The molecule has 0 unspecified atom stereocenters. The monoisotopic (exact) mass is 254 g/mol. The highest BCUT2D eigenvalue weighted by Crippen LogP contribution is 2.28. The van der Waals surface area contributed by atoms with Gasteiger partial charge in [0, 0.05) is 18.0 Å². The van der Waals surface area contributed by atoms with Crippen molar-refractivity contribution in [2.24, 2.45) is 0 Å². The quantitative estimate of drug-likeness (QED) is 0.824. The van der Waals surface area contributed by atoms with Crippen molar-refractivity contribution in [1.29, 1.82) is 0 Å². The van der Waals surface area contributed by atoms with Gasteiger partial charge in [0.15, 0.2) is 0 Å². The molecule has 6 heteroatoms. The number of halogens is 3. The summed E-state index contributed by atoms with van der Waals surface area (Å²) in [5, 5.41) is 0. The van der Waals surface area contributed by atoms with Crippen LogP contribution >= 0.6 is 0 Å². The van der Waals surface area contributed by atoms with Crippen LogP contribution in [-0.2, 0) is 0 Å². The Hall–Kier alpha value is -2.11. The fourth-order valence-corrected chi connectivity index (χ4v) is 1.56. The topological polar surface area (TPSA) is 35.0 Å². The van der Waals surface area contributed by atoms with Crippen LogP contribution in [-0.4, -0.2) is 16.3 Å². The van der Waals surface area contributed by atoms with Gasteiger partial charge in [-0.05, 0) is 30.7 Å². The second-order valence-electron chi connectivity index (χ2n) is 3.62. The molecule has 0 spiro atoms. The summed E-state index contributed by atoms with van der Waals surface area (Å²) in [7, 11) is 0. The van der Waals surface area contributed by atoms with Crippen LogP contribution < -0.4 is 4.74 Å². The third-order valence-electron chi connectivity index (χ3n) is 2.27. The second kappa shape index (κ2) is 4.64. The molecule has 0 amide bonds. The van der Waals surface area contributed by atoms with E-state index in [1.165, 1.54) is 30.6 Å². The van der Waals surface area contributed by atoms with Gasteiger partial charge in [0.2, 0.25) is 0 Å². The predicted molar refractivity (Wildman–Crippen MR) is 58.9 cm³/mol. The Morgan fingerprint density at radius 1 is 1.17 bits per heavy atom. The van der Waals surface area contributed by atoms with Gasteiger partial charge in [0.1, 0.15) is 5.75 Å². The van der Waals surface area contributed by atoms with Crippen molar-refractivity contribution in [2.75, 3.05) is 0 Å². The molecule has 0 atom stereocenters. The summed E-state index contributed by atoms with van der Waals surface area (Å²) < 4.78 is 40.0. The first kappa shape index (κ1) is 12.3. The zero-order valence-electron chi connectivity index (χ0n) is 9.40. The number of aryl methyl sites for hydroxylation is 1. The van der Waals surface area contributed by atoms with Gasteiger partial charge in [-0.1, -0.05) is 0 Å². The standard InChI is InChI=1S/C12H9F3N2O/c1-8-6-9(18-12(13,14)15)2-3-10(8)11-7-16-4-5-17-11/h2-7H,1H3. The molecule has 3 nitrogen and oxygen atoms in total. The van der Waals surface area contributed by atoms with Gasteiger partial charge in [0.25, 0.3) is 0 Å². The van der Waals surface area contributed by atoms with Crippen molar-refractivity contribution < 1.29 is 17.9 Å². The highest BCUT2D eigenvalue weighted by atomic mass is 19.4. The van der Waals surface area contributed by atoms with E-state index in [-0.39, 0.29) is 5.75 Å². The number of nitrogens with zero attached hydrogens (tertiary/aromatic N) is 2. The van der Waals surface area contributed by atoms with E-state index in [1.807, 2.05) is 0 Å². The molecule has 2 rings (SSSR count). The number of hydrogen-bond acceptors (Lipinski definition) is 3. The summed E-state index contributed by atoms with van der Waals surface area (Å²) in [6.45, 7) is 1.69. The number of hydrogen-bond donors (Lipinski definition) is 0. The number of aromatic nitrogens is 2. The number of benzene rings is 1. The fraction of sp³-hybridized carbons (Fsp3) is 0.167. The van der Waals surface area contributed by atoms with Gasteiger partial charge in [-0.25, -0.2) is 0 Å². The molecule has 0 aliphatic carbocycles. The molecule has 2 aromatic rings. The van der Waals surface area contributed by atoms with Gasteiger partial charge in [-0.15, -0.1) is 13.2 Å². The lowest BCUT2D eigenvalue weighted by Crippen LogP contribution is -2.17. The van der Waals surface area contributed by atoms with Crippen molar-refractivity contribution in [1.82, 2.24) is 9.97 Å². The minimum atomic E-state index is -4.68. The minimum Gasteiger partial charge on any atom is -0.406 e. The van der Waals surface area contributed by atoms with Crippen molar-refractivity contribution in [3.8, 4) is 17.0 Å². The Labute approximate surface area is 101 Å². The van der Waals surface area contributed by atoms with E-state index < -0.39 is 6.36 Å². The lowest BCUT2D eigenvalue weighted by Gasteiger charge is -2.11. The first-order valence-electron chi connectivity index (χ1n) is 5.08. The summed E-state index contributed by atoms with van der Waals surface area (Å²) in [6.07, 6.45) is -0.0814. The molecule has 94 valence electrons. The maximum absolute atomic E-state index is 12.1. The zero-order chi connectivity index (χ0) is 13.2. The van der Waals surface area contributed by atoms with Gasteiger partial charge >= 0.3 is 6.36 Å². The Morgan fingerprint density at radius 3 is 2.50 bits per heavy atom. The highest BCUT2D eigenvalue weighted by molar-refractivity contribution is 5.63. The van der Waals surface area contributed by atoms with Crippen LogP contribution in [0, 0.1) is 6.92 Å². The third kappa shape index (κ3) is 2.97. The van der Waals surface area contributed by atoms with Gasteiger partial charge < -0.3 is 4.74 Å². The highest BCUT2D eigenvalue weighted by Gasteiger charge is 2.31. The first-order chi connectivity index (χ1) is 8.46. The molecule has 1 aromatic heterocycles. The average molecular weight is 254 g/mol. The summed E-state index contributed by atoms with van der Waals surface area (Å²) in [5.41, 5.74) is 1.96. The average Bonchev–Trinajstić information content (AvgIpc) is 2.28. The summed E-state index contributed by atoms with van der Waals surface area (Å²) in [4.78, 5) is 8.00. The first-order valence-corrected chi connectivity index (χ1v) is 5.08. The van der Waals surface area contributed by atoms with E-state index >= 15 is 0 Å². The Bertz CT molecular complexity index is 541. The number of alkyl halides is 3. The van der Waals surface area contributed by atoms with E-state index in [0.29, 0.717) is 11.3 Å². The predicted octanol–water partition coefficient (Wildman–Crippen LogP) is 3.35. The lowest BCUT2D eigenvalue weighted by molar-refractivity contribution is -0.274. The Kier molecular flexibility index (Phi) is 3.18. The molecule has 0 fully saturated rings. The zero-order valence-corrected chi connectivity index (χ0v) is 9.40. The normalized spacial score (nSPS) is 11.3. The maximum atomic E-state index is 12.1. The summed E-state index contributed by atoms with van der Waals surface area (Å²) in [6, 6.07) is 4.10. The van der Waals surface area contributed by atoms with Gasteiger partial charge in [-0.3, -0.25) is 9.97 Å². The lowest BCUT2D eigenvalue weighted by atomic mass is 10.1. The fourth-order valence-electron chi connectivity index (χ4n) is 1.56. The van der Waals surface area contributed by atoms with Crippen LogP contribution in [0.3, 0.4) is 0 Å². The van der Waals surface area contributed by atoms with E-state index in [0.717, 1.165) is 5.56 Å². The third-order valence-corrected chi connectivity index (χ3v) is 2.27. The second-order valence-corrected chi connectivity index (χ2v) is 3.62. The molecule has 0 N–H and O–H groups in total. The van der Waals surface area contributed by atoms with Crippen molar-refractivity contribution >= 4 is 0 Å². The number of rotatable bonds is 2. The van der Waals surface area contributed by atoms with Crippen LogP contribution in [0.1, 0.15) is 5.56 Å². The van der Waals surface area contributed by atoms with Crippen molar-refractivity contribution in [2.45, 2.75) is 13.3 Å². The van der Waals surface area contributed by atoms with Crippen LogP contribution in [0.2, 0.25) is 0 Å². The molecule has 18 heavy (non-hydrogen) atoms. The van der Waals surface area contributed by atoms with E-state index in [2.05, 4.69) is 14.7 Å². The molecule has 0 aliphatic heterocycles. The molecule has 0 radical (unpaired) electrons. The largest absolute Gasteiger partial charge is 0.573 e. The summed E-state index contributed by atoms with van der Waals surface area (Å²) in [5.74, 6) is -0.243. The van der Waals surface area contributed by atoms with Crippen LogP contribution in [0.25, 0.3) is 11.3 Å². The molecule has 0 saturated heterocycles. The van der Waals surface area contributed by atoms with Crippen molar-refractivity contribution in [3.05, 3.63) is 42.4 Å². The van der Waals surface area contributed by atoms with Crippen LogP contribution in [0.15, 0.2) is 36.8 Å². The molecule has 0 bridgehead atoms. The molecule has 0 saturated carbocycles. The smallest absolute Gasteiger partial charge is 0.406 e. The number of ether oxygens (including phenoxy) is 1. The Balaban J connectivity index is 2.32. The van der Waals surface area contributed by atoms with Crippen LogP contribution in [0.5, 0.6) is 5.75 Å². The Morgan fingerprint density at radius 2 is 1.94 bits per heavy atom. The molecule has 1 aromatic carbocycles. The van der Waals surface area contributed by atoms with Crippen LogP contribution in [0.4, 0.5) is 13.2 Å².